The van der Waals surface area contributed by atoms with Crippen LogP contribution in [0.1, 0.15) is 43.9 Å². The largest absolute Gasteiger partial charge is 0.508 e. The van der Waals surface area contributed by atoms with Gasteiger partial charge in [-0.05, 0) is 66.3 Å². The van der Waals surface area contributed by atoms with E-state index in [1.165, 1.54) is 0 Å². The quantitative estimate of drug-likeness (QED) is 0.488. The number of fused-ring (bicyclic) bond motifs is 1. The zero-order chi connectivity index (χ0) is 22.7. The number of rotatable bonds is 7. The summed E-state index contributed by atoms with van der Waals surface area (Å²) in [4.78, 5) is 4.48. The van der Waals surface area contributed by atoms with Gasteiger partial charge in [-0.1, -0.05) is 37.1 Å². The molecule has 3 heterocycles. The van der Waals surface area contributed by atoms with Gasteiger partial charge in [-0.2, -0.15) is 0 Å². The fourth-order valence-corrected chi connectivity index (χ4v) is 6.89. The first-order chi connectivity index (χ1) is 15.4. The summed E-state index contributed by atoms with van der Waals surface area (Å²) in [7, 11) is -4.38. The van der Waals surface area contributed by atoms with E-state index in [2.05, 4.69) is 4.98 Å². The van der Waals surface area contributed by atoms with Gasteiger partial charge in [-0.15, -0.1) is 0 Å². The molecule has 2 atom stereocenters. The van der Waals surface area contributed by atoms with Crippen LogP contribution in [0.3, 0.4) is 0 Å². The number of sulfone groups is 1. The minimum atomic E-state index is -3.30. The Kier molecular flexibility index (Phi) is 6.83. The molecule has 1 aromatic carbocycles. The second-order valence-corrected chi connectivity index (χ2v) is 10.6. The number of nitrogens with zero attached hydrogens (tertiary/aromatic N) is 1. The third-order valence-electron chi connectivity index (χ3n) is 6.08. The lowest BCUT2D eigenvalue weighted by atomic mass is 9.74. The van der Waals surface area contributed by atoms with Crippen LogP contribution in [0.25, 0.3) is 11.6 Å². The molecule has 32 heavy (non-hydrogen) atoms. The molecule has 0 spiro atoms. The molecule has 2 aliphatic heterocycles. The number of aromatic nitrogens is 1. The molecule has 0 radical (unpaired) electrons. The zero-order valence-corrected chi connectivity index (χ0v) is 19.0. The SMILES string of the molecule is CCCC1=C2[C@@H](CC/C(=C/c3cccc(O)c3)c3ccccn3)OB(O)C[C@@H]2S(=O)(=O)C1. The molecule has 4 rings (SSSR count). The van der Waals surface area contributed by atoms with Gasteiger partial charge in [-0.25, -0.2) is 8.42 Å². The Bertz CT molecular complexity index is 1130. The smallest absolute Gasteiger partial charge is 0.456 e. The molecule has 1 fully saturated rings. The highest BCUT2D eigenvalue weighted by atomic mass is 32.2. The first-order valence-corrected chi connectivity index (χ1v) is 12.8. The van der Waals surface area contributed by atoms with Crippen molar-refractivity contribution in [2.45, 2.75) is 50.3 Å². The van der Waals surface area contributed by atoms with Crippen LogP contribution in [0, 0.1) is 0 Å². The molecular weight excluding hydrogens is 425 g/mol. The predicted octanol–water partition coefficient (Wildman–Crippen LogP) is 3.88. The molecule has 6 nitrogen and oxygen atoms in total. The van der Waals surface area contributed by atoms with Crippen molar-refractivity contribution in [1.29, 1.82) is 0 Å². The molecule has 0 unspecified atom stereocenters. The topological polar surface area (TPSA) is 96.7 Å². The first kappa shape index (κ1) is 22.8. The van der Waals surface area contributed by atoms with Crippen molar-refractivity contribution in [2.75, 3.05) is 5.75 Å². The molecule has 0 amide bonds. The maximum absolute atomic E-state index is 12.8. The van der Waals surface area contributed by atoms with E-state index in [0.717, 1.165) is 40.8 Å². The highest BCUT2D eigenvalue weighted by molar-refractivity contribution is 7.92. The van der Waals surface area contributed by atoms with E-state index in [9.17, 15) is 18.5 Å². The summed E-state index contributed by atoms with van der Waals surface area (Å²) < 4.78 is 31.4. The zero-order valence-electron chi connectivity index (χ0n) is 18.1. The number of benzene rings is 1. The number of hydrogen-bond donors (Lipinski definition) is 2. The summed E-state index contributed by atoms with van der Waals surface area (Å²) >= 11 is 0. The van der Waals surface area contributed by atoms with Crippen molar-refractivity contribution < 1.29 is 23.2 Å². The Morgan fingerprint density at radius 2 is 2.12 bits per heavy atom. The number of pyridine rings is 1. The fraction of sp³-hybridized carbons (Fsp3) is 0.375. The van der Waals surface area contributed by atoms with E-state index in [1.807, 2.05) is 37.3 Å². The van der Waals surface area contributed by atoms with Gasteiger partial charge in [0.1, 0.15) is 5.75 Å². The third kappa shape index (κ3) is 4.98. The van der Waals surface area contributed by atoms with E-state index >= 15 is 0 Å². The summed E-state index contributed by atoms with van der Waals surface area (Å²) in [5.41, 5.74) is 4.42. The van der Waals surface area contributed by atoms with Crippen LogP contribution >= 0.6 is 0 Å². The van der Waals surface area contributed by atoms with Crippen LogP contribution in [0.2, 0.25) is 6.32 Å². The van der Waals surface area contributed by atoms with Crippen molar-refractivity contribution >= 4 is 28.6 Å². The summed E-state index contributed by atoms with van der Waals surface area (Å²) in [5, 5.41) is 19.4. The van der Waals surface area contributed by atoms with Crippen LogP contribution < -0.4 is 0 Å². The van der Waals surface area contributed by atoms with E-state index in [-0.39, 0.29) is 17.8 Å². The standard InChI is InChI=1S/C24H28BNO5S/c1-2-6-19-16-32(29,30)23-15-25(28)31-22(24(19)23)11-10-18(21-9-3-4-12-26-21)13-17-7-5-8-20(27)14-17/h3-5,7-9,12-14,22-23,27-28H,2,6,10-11,15-16H2,1H3/b18-13-/t22-,23+/m1/s1. The van der Waals surface area contributed by atoms with Crippen LogP contribution in [-0.4, -0.2) is 47.8 Å². The molecule has 0 saturated carbocycles. The third-order valence-corrected chi connectivity index (χ3v) is 8.14. The summed E-state index contributed by atoms with van der Waals surface area (Å²) in [6.07, 6.45) is 6.08. The molecule has 1 aromatic heterocycles. The molecular formula is C24H28BNO5S. The van der Waals surface area contributed by atoms with E-state index in [1.54, 1.807) is 24.4 Å². The van der Waals surface area contributed by atoms with Gasteiger partial charge in [0.15, 0.2) is 9.84 Å². The molecule has 0 aliphatic carbocycles. The van der Waals surface area contributed by atoms with Gasteiger partial charge in [0.2, 0.25) is 0 Å². The predicted molar refractivity (Wildman–Crippen MR) is 127 cm³/mol. The van der Waals surface area contributed by atoms with Crippen molar-refractivity contribution in [2.24, 2.45) is 0 Å². The molecule has 2 aliphatic rings. The average molecular weight is 453 g/mol. The van der Waals surface area contributed by atoms with Gasteiger partial charge < -0.3 is 14.8 Å². The van der Waals surface area contributed by atoms with Gasteiger partial charge in [0.05, 0.1) is 22.8 Å². The Morgan fingerprint density at radius 1 is 1.28 bits per heavy atom. The molecule has 2 N–H and O–H groups in total. The van der Waals surface area contributed by atoms with Crippen LogP contribution in [0.15, 0.2) is 59.8 Å². The number of aromatic hydroxyl groups is 1. The fourth-order valence-electron chi connectivity index (χ4n) is 4.73. The molecule has 2 aromatic rings. The first-order valence-electron chi connectivity index (χ1n) is 11.0. The minimum Gasteiger partial charge on any atom is -0.508 e. The lowest BCUT2D eigenvalue weighted by Gasteiger charge is -2.32. The normalized spacial score (nSPS) is 22.8. The average Bonchev–Trinajstić information content (AvgIpc) is 3.01. The van der Waals surface area contributed by atoms with Gasteiger partial charge in [0, 0.05) is 12.5 Å². The Balaban J connectivity index is 1.64. The highest BCUT2D eigenvalue weighted by Gasteiger charge is 2.48. The summed E-state index contributed by atoms with van der Waals surface area (Å²) in [5.74, 6) is 0.255. The van der Waals surface area contributed by atoms with Crippen molar-refractivity contribution in [3.05, 3.63) is 71.1 Å². The molecule has 1 saturated heterocycles. The lowest BCUT2D eigenvalue weighted by Crippen LogP contribution is -2.41. The monoisotopic (exact) mass is 453 g/mol. The van der Waals surface area contributed by atoms with E-state index in [4.69, 9.17) is 4.65 Å². The van der Waals surface area contributed by atoms with Crippen molar-refractivity contribution in [1.82, 2.24) is 4.98 Å². The van der Waals surface area contributed by atoms with Crippen LogP contribution in [-0.2, 0) is 14.5 Å². The second-order valence-electron chi connectivity index (χ2n) is 8.44. The van der Waals surface area contributed by atoms with Gasteiger partial charge in [0.25, 0.3) is 0 Å². The molecule has 0 bridgehead atoms. The Hall–Kier alpha value is -2.42. The van der Waals surface area contributed by atoms with Crippen LogP contribution in [0.5, 0.6) is 5.75 Å². The van der Waals surface area contributed by atoms with Crippen LogP contribution in [0.4, 0.5) is 0 Å². The van der Waals surface area contributed by atoms with Gasteiger partial charge >= 0.3 is 7.12 Å². The van der Waals surface area contributed by atoms with Crippen molar-refractivity contribution in [3.8, 4) is 5.75 Å². The van der Waals surface area contributed by atoms with Gasteiger partial charge in [-0.3, -0.25) is 4.98 Å². The number of hydrogen-bond acceptors (Lipinski definition) is 6. The van der Waals surface area contributed by atoms with Crippen molar-refractivity contribution in [3.63, 3.8) is 0 Å². The highest BCUT2D eigenvalue weighted by Crippen LogP contribution is 2.41. The number of phenolic OH excluding ortho intramolecular Hbond substituents is 1. The minimum absolute atomic E-state index is 0.0691. The molecule has 168 valence electrons. The molecule has 8 heteroatoms. The maximum atomic E-state index is 12.8. The maximum Gasteiger partial charge on any atom is 0.456 e. The summed E-state index contributed by atoms with van der Waals surface area (Å²) in [6, 6.07) is 12.7. The summed E-state index contributed by atoms with van der Waals surface area (Å²) in [6.45, 7) is 2.04. The lowest BCUT2D eigenvalue weighted by molar-refractivity contribution is 0.171. The number of allylic oxidation sites excluding steroid dienone is 1. The van der Waals surface area contributed by atoms with E-state index < -0.39 is 28.3 Å². The second kappa shape index (κ2) is 9.61. The Labute approximate surface area is 189 Å². The Morgan fingerprint density at radius 3 is 2.84 bits per heavy atom. The van der Waals surface area contributed by atoms with E-state index in [0.29, 0.717) is 12.8 Å². The number of phenols is 1.